The average Bonchev–Trinajstić information content (AvgIpc) is 2.84. The molecule has 1 N–H and O–H groups in total. The zero-order valence-corrected chi connectivity index (χ0v) is 12.0. The quantitative estimate of drug-likeness (QED) is 0.862. The second-order valence-electron chi connectivity index (χ2n) is 4.25. The molecule has 2 rings (SSSR count). The molecule has 0 radical (unpaired) electrons. The van der Waals surface area contributed by atoms with Gasteiger partial charge in [-0.1, -0.05) is 17.7 Å². The number of anilines is 1. The van der Waals surface area contributed by atoms with Crippen LogP contribution in [-0.2, 0) is 6.54 Å². The molecule has 4 heteroatoms. The standard InChI is InChI=1S/C14H17ClN2S/c1-17(11-14-3-2-10-18-14)9-8-16-13-6-4-12(15)5-7-13/h2-7,10,16H,8-9,11H2,1H3. The fourth-order valence-electron chi connectivity index (χ4n) is 1.71. The van der Waals surface area contributed by atoms with Gasteiger partial charge in [-0.2, -0.15) is 0 Å². The summed E-state index contributed by atoms with van der Waals surface area (Å²) >= 11 is 7.65. The van der Waals surface area contributed by atoms with Crippen LogP contribution in [0.5, 0.6) is 0 Å². The van der Waals surface area contributed by atoms with E-state index in [0.29, 0.717) is 0 Å². The van der Waals surface area contributed by atoms with E-state index in [9.17, 15) is 0 Å². The normalized spacial score (nSPS) is 10.8. The minimum atomic E-state index is 0.773. The largest absolute Gasteiger partial charge is 0.384 e. The lowest BCUT2D eigenvalue weighted by Crippen LogP contribution is -2.24. The van der Waals surface area contributed by atoms with Crippen LogP contribution >= 0.6 is 22.9 Å². The third-order valence-corrected chi connectivity index (χ3v) is 3.79. The number of nitrogens with zero attached hydrogens (tertiary/aromatic N) is 1. The van der Waals surface area contributed by atoms with Gasteiger partial charge in [0.2, 0.25) is 0 Å². The third kappa shape index (κ3) is 4.33. The fraction of sp³-hybridized carbons (Fsp3) is 0.286. The minimum absolute atomic E-state index is 0.773. The smallest absolute Gasteiger partial charge is 0.0407 e. The molecule has 0 amide bonds. The fourth-order valence-corrected chi connectivity index (χ4v) is 2.62. The summed E-state index contributed by atoms with van der Waals surface area (Å²) in [6.45, 7) is 2.96. The van der Waals surface area contributed by atoms with E-state index in [0.717, 1.165) is 30.3 Å². The Kier molecular flexibility index (Phi) is 5.05. The second-order valence-corrected chi connectivity index (χ2v) is 5.72. The molecule has 2 nitrogen and oxygen atoms in total. The molecule has 0 atom stereocenters. The van der Waals surface area contributed by atoms with Gasteiger partial charge >= 0.3 is 0 Å². The van der Waals surface area contributed by atoms with E-state index >= 15 is 0 Å². The topological polar surface area (TPSA) is 15.3 Å². The molecule has 0 saturated heterocycles. The molecule has 1 aromatic heterocycles. The summed E-state index contributed by atoms with van der Waals surface area (Å²) in [6, 6.07) is 12.1. The van der Waals surface area contributed by atoms with Crippen molar-refractivity contribution in [3.05, 3.63) is 51.7 Å². The first-order valence-electron chi connectivity index (χ1n) is 5.94. The van der Waals surface area contributed by atoms with Crippen LogP contribution in [0.15, 0.2) is 41.8 Å². The molecule has 2 aromatic rings. The van der Waals surface area contributed by atoms with Crippen molar-refractivity contribution in [2.24, 2.45) is 0 Å². The number of halogens is 1. The average molecular weight is 281 g/mol. The van der Waals surface area contributed by atoms with Gasteiger partial charge in [0, 0.05) is 35.2 Å². The maximum absolute atomic E-state index is 5.84. The molecule has 0 aliphatic rings. The maximum Gasteiger partial charge on any atom is 0.0407 e. The van der Waals surface area contributed by atoms with Gasteiger partial charge in [0.25, 0.3) is 0 Å². The molecular weight excluding hydrogens is 264 g/mol. The third-order valence-electron chi connectivity index (χ3n) is 2.67. The predicted octanol–water partition coefficient (Wildman–Crippen LogP) is 3.95. The van der Waals surface area contributed by atoms with Crippen LogP contribution in [0.3, 0.4) is 0 Å². The number of likely N-dealkylation sites (N-methyl/N-ethyl adjacent to an activating group) is 1. The first kappa shape index (κ1) is 13.4. The van der Waals surface area contributed by atoms with E-state index < -0.39 is 0 Å². The lowest BCUT2D eigenvalue weighted by Gasteiger charge is -2.16. The number of thiophene rings is 1. The van der Waals surface area contributed by atoms with Crippen molar-refractivity contribution < 1.29 is 0 Å². The van der Waals surface area contributed by atoms with Crippen LogP contribution < -0.4 is 5.32 Å². The summed E-state index contributed by atoms with van der Waals surface area (Å²) in [4.78, 5) is 3.72. The first-order chi connectivity index (χ1) is 8.74. The molecule has 1 aromatic carbocycles. The number of hydrogen-bond acceptors (Lipinski definition) is 3. The molecule has 0 aliphatic carbocycles. The molecule has 18 heavy (non-hydrogen) atoms. The molecule has 0 aliphatic heterocycles. The van der Waals surface area contributed by atoms with E-state index in [1.807, 2.05) is 24.3 Å². The van der Waals surface area contributed by atoms with Crippen LogP contribution in [0.1, 0.15) is 4.88 Å². The molecule has 0 spiro atoms. The van der Waals surface area contributed by atoms with Gasteiger partial charge in [0.15, 0.2) is 0 Å². The van der Waals surface area contributed by atoms with Gasteiger partial charge in [0.1, 0.15) is 0 Å². The van der Waals surface area contributed by atoms with Crippen LogP contribution in [0.2, 0.25) is 5.02 Å². The second kappa shape index (κ2) is 6.78. The number of benzene rings is 1. The van der Waals surface area contributed by atoms with Crippen LogP contribution in [0.4, 0.5) is 5.69 Å². The van der Waals surface area contributed by atoms with Gasteiger partial charge in [0.05, 0.1) is 0 Å². The van der Waals surface area contributed by atoms with Gasteiger partial charge in [-0.25, -0.2) is 0 Å². The van der Waals surface area contributed by atoms with Crippen molar-refractivity contribution in [2.45, 2.75) is 6.54 Å². The highest BCUT2D eigenvalue weighted by Crippen LogP contribution is 2.13. The van der Waals surface area contributed by atoms with Crippen LogP contribution in [0.25, 0.3) is 0 Å². The predicted molar refractivity (Wildman–Crippen MR) is 80.6 cm³/mol. The van der Waals surface area contributed by atoms with Gasteiger partial charge < -0.3 is 5.32 Å². The number of nitrogens with one attached hydrogen (secondary N) is 1. The summed E-state index contributed by atoms with van der Waals surface area (Å²) in [5.74, 6) is 0. The summed E-state index contributed by atoms with van der Waals surface area (Å²) in [5.41, 5.74) is 1.11. The SMILES string of the molecule is CN(CCNc1ccc(Cl)cc1)Cc1cccs1. The lowest BCUT2D eigenvalue weighted by atomic mass is 10.3. The van der Waals surface area contributed by atoms with E-state index in [-0.39, 0.29) is 0 Å². The van der Waals surface area contributed by atoms with E-state index in [1.54, 1.807) is 11.3 Å². The Morgan fingerprint density at radius 1 is 1.22 bits per heavy atom. The summed E-state index contributed by atoms with van der Waals surface area (Å²) in [7, 11) is 2.14. The van der Waals surface area contributed by atoms with E-state index in [1.165, 1.54) is 4.88 Å². The van der Waals surface area contributed by atoms with Gasteiger partial charge in [-0.3, -0.25) is 4.90 Å². The van der Waals surface area contributed by atoms with Gasteiger partial charge in [-0.05, 0) is 42.8 Å². The first-order valence-corrected chi connectivity index (χ1v) is 7.20. The minimum Gasteiger partial charge on any atom is -0.384 e. The van der Waals surface area contributed by atoms with Crippen molar-refractivity contribution in [2.75, 3.05) is 25.5 Å². The van der Waals surface area contributed by atoms with Crippen molar-refractivity contribution in [3.8, 4) is 0 Å². The van der Waals surface area contributed by atoms with Crippen molar-refractivity contribution in [1.82, 2.24) is 4.90 Å². The Hall–Kier alpha value is -1.03. The Bertz CT molecular complexity index is 453. The Labute approximate surface area is 117 Å². The molecule has 0 bridgehead atoms. The summed E-state index contributed by atoms with van der Waals surface area (Å²) < 4.78 is 0. The maximum atomic E-state index is 5.84. The molecule has 0 fully saturated rings. The molecule has 96 valence electrons. The van der Waals surface area contributed by atoms with Crippen LogP contribution in [-0.4, -0.2) is 25.0 Å². The summed E-state index contributed by atoms with van der Waals surface area (Å²) in [6.07, 6.45) is 0. The van der Waals surface area contributed by atoms with Gasteiger partial charge in [-0.15, -0.1) is 11.3 Å². The van der Waals surface area contributed by atoms with Crippen molar-refractivity contribution in [3.63, 3.8) is 0 Å². The van der Waals surface area contributed by atoms with Crippen molar-refractivity contribution in [1.29, 1.82) is 0 Å². The highest BCUT2D eigenvalue weighted by Gasteiger charge is 2.00. The molecule has 1 heterocycles. The van der Waals surface area contributed by atoms with E-state index in [4.69, 9.17) is 11.6 Å². The highest BCUT2D eigenvalue weighted by atomic mass is 35.5. The highest BCUT2D eigenvalue weighted by molar-refractivity contribution is 7.09. The molecule has 0 unspecified atom stereocenters. The zero-order chi connectivity index (χ0) is 12.8. The number of rotatable bonds is 6. The monoisotopic (exact) mass is 280 g/mol. The molecular formula is C14H17ClN2S. The Morgan fingerprint density at radius 3 is 2.67 bits per heavy atom. The number of hydrogen-bond donors (Lipinski definition) is 1. The van der Waals surface area contributed by atoms with E-state index in [2.05, 4.69) is 34.8 Å². The lowest BCUT2D eigenvalue weighted by molar-refractivity contribution is 0.343. The van der Waals surface area contributed by atoms with Crippen LogP contribution in [0, 0.1) is 0 Å². The molecule has 0 saturated carbocycles. The zero-order valence-electron chi connectivity index (χ0n) is 10.4. The summed E-state index contributed by atoms with van der Waals surface area (Å²) in [5, 5.41) is 6.28. The van der Waals surface area contributed by atoms with Crippen molar-refractivity contribution >= 4 is 28.6 Å². The Morgan fingerprint density at radius 2 is 2.00 bits per heavy atom. The Balaban J connectivity index is 1.70.